The summed E-state index contributed by atoms with van der Waals surface area (Å²) in [6.45, 7) is 7.15. The van der Waals surface area contributed by atoms with E-state index in [-0.39, 0.29) is 18.6 Å². The van der Waals surface area contributed by atoms with Crippen molar-refractivity contribution in [2.24, 2.45) is 0 Å². The maximum Gasteiger partial charge on any atom is 0.459 e. The molecule has 1 unspecified atom stereocenters. The van der Waals surface area contributed by atoms with Crippen LogP contribution in [0.3, 0.4) is 0 Å². The molecule has 1 saturated heterocycles. The third-order valence-electron chi connectivity index (χ3n) is 5.80. The van der Waals surface area contributed by atoms with Crippen molar-refractivity contribution in [3.63, 3.8) is 0 Å². The van der Waals surface area contributed by atoms with Crippen molar-refractivity contribution in [2.45, 2.75) is 71.3 Å². The Morgan fingerprint density at radius 2 is 1.88 bits per heavy atom. The van der Waals surface area contributed by atoms with Crippen molar-refractivity contribution in [3.05, 3.63) is 63.2 Å². The largest absolute Gasteiger partial charge is 0.459 e. The first-order chi connectivity index (χ1) is 19.1. The van der Waals surface area contributed by atoms with Crippen LogP contribution in [-0.2, 0) is 32.8 Å². The molecule has 2 heterocycles. The minimum absolute atomic E-state index is 0.0599. The second kappa shape index (κ2) is 14.7. The molecule has 0 amide bonds. The van der Waals surface area contributed by atoms with E-state index >= 15 is 0 Å². The van der Waals surface area contributed by atoms with Crippen molar-refractivity contribution < 1.29 is 41.7 Å². The number of hydrogen-bond donors (Lipinski definition) is 2. The van der Waals surface area contributed by atoms with E-state index in [4.69, 9.17) is 28.0 Å². The predicted octanol–water partition coefficient (Wildman–Crippen LogP) is 2.87. The molecular weight excluding hydrogens is 552 g/mol. The van der Waals surface area contributed by atoms with E-state index in [2.05, 4.69) is 5.09 Å². The number of aromatic amines is 1. The lowest BCUT2D eigenvalue weighted by molar-refractivity contribution is -0.152. The van der Waals surface area contributed by atoms with Crippen LogP contribution in [0.1, 0.15) is 46.8 Å². The van der Waals surface area contributed by atoms with Gasteiger partial charge >= 0.3 is 19.4 Å². The van der Waals surface area contributed by atoms with Crippen LogP contribution in [0.25, 0.3) is 0 Å². The molecule has 1 aromatic heterocycles. The molecule has 40 heavy (non-hydrogen) atoms. The molecule has 1 aliphatic rings. The van der Waals surface area contributed by atoms with Crippen LogP contribution in [0.15, 0.2) is 46.1 Å². The lowest BCUT2D eigenvalue weighted by Crippen LogP contribution is -2.41. The maximum absolute atomic E-state index is 14.0. The summed E-state index contributed by atoms with van der Waals surface area (Å²) in [6.07, 6.45) is -3.13. The quantitative estimate of drug-likeness (QED) is 0.179. The molecule has 5 atom stereocenters. The number of carbonyl (C=O) groups is 1. The number of hydrogen-bond acceptors (Lipinski definition) is 10. The zero-order valence-corrected chi connectivity index (χ0v) is 23.6. The van der Waals surface area contributed by atoms with Crippen LogP contribution in [-0.4, -0.2) is 59.9 Å². The van der Waals surface area contributed by atoms with Crippen molar-refractivity contribution in [2.75, 3.05) is 19.8 Å². The normalized spacial score (nSPS) is 21.2. The van der Waals surface area contributed by atoms with Gasteiger partial charge in [-0.3, -0.25) is 23.7 Å². The summed E-state index contributed by atoms with van der Waals surface area (Å²) in [5, 5.41) is 2.82. The number of halogens is 1. The molecule has 222 valence electrons. The minimum atomic E-state index is -4.14. The van der Waals surface area contributed by atoms with Crippen LogP contribution in [0.2, 0.25) is 0 Å². The fourth-order valence-electron chi connectivity index (χ4n) is 3.93. The highest BCUT2D eigenvalue weighted by Crippen LogP contribution is 2.46. The Morgan fingerprint density at radius 1 is 1.20 bits per heavy atom. The van der Waals surface area contributed by atoms with Gasteiger partial charge in [0.15, 0.2) is 6.29 Å². The van der Waals surface area contributed by atoms with Gasteiger partial charge in [-0.15, -0.1) is 0 Å². The fraction of sp³-hybridized carbons (Fsp3) is 0.560. The van der Waals surface area contributed by atoms with Crippen LogP contribution in [0, 0.1) is 5.82 Å². The summed E-state index contributed by atoms with van der Waals surface area (Å²) in [5.41, 5.74) is -2.09. The SMILES string of the molecule is CCOC(OCC)[C@H](C)NP(=O)(OC[C@H]1O[C@@H](n2cc(F)c(=O)[nH]c2=O)C[C@@H]1OC(=O)CC)Oc1ccccc1. The highest BCUT2D eigenvalue weighted by atomic mass is 31.2. The second-order valence-corrected chi connectivity index (χ2v) is 10.5. The van der Waals surface area contributed by atoms with Gasteiger partial charge in [-0.25, -0.2) is 14.4 Å². The Kier molecular flexibility index (Phi) is 11.6. The molecule has 2 aromatic rings. The van der Waals surface area contributed by atoms with Gasteiger partial charge in [0.1, 0.15) is 24.2 Å². The van der Waals surface area contributed by atoms with Gasteiger partial charge in [0.05, 0.1) is 18.8 Å². The lowest BCUT2D eigenvalue weighted by Gasteiger charge is -2.29. The number of esters is 1. The Balaban J connectivity index is 1.84. The highest BCUT2D eigenvalue weighted by molar-refractivity contribution is 7.52. The molecule has 0 radical (unpaired) electrons. The number of para-hydroxylation sites is 1. The number of benzene rings is 1. The summed E-state index contributed by atoms with van der Waals surface area (Å²) in [5.74, 6) is -1.49. The monoisotopic (exact) mass is 587 g/mol. The standard InChI is InChI=1S/C25H35FN3O10P/c1-5-22(30)38-19-13-21(29-14-18(26)23(31)27-25(29)32)37-20(19)15-36-40(33,39-17-11-9-8-10-12-17)28-16(4)24(34-6-2)35-7-3/h8-12,14,16,19-21,24H,5-7,13,15H2,1-4H3,(H,28,33)(H,27,31,32)/t16-,19-,20+,21+,40?/m0/s1. The topological polar surface area (TPSA) is 156 Å². The number of carbonyl (C=O) groups excluding carboxylic acids is 1. The van der Waals surface area contributed by atoms with E-state index in [1.165, 1.54) is 0 Å². The van der Waals surface area contributed by atoms with Crippen LogP contribution in [0.5, 0.6) is 5.75 Å². The maximum atomic E-state index is 14.0. The molecule has 1 aliphatic heterocycles. The van der Waals surface area contributed by atoms with Crippen LogP contribution in [0.4, 0.5) is 4.39 Å². The molecule has 15 heteroatoms. The van der Waals surface area contributed by atoms with E-state index in [1.54, 1.807) is 58.0 Å². The first-order valence-corrected chi connectivity index (χ1v) is 14.5. The van der Waals surface area contributed by atoms with Gasteiger partial charge < -0.3 is 23.5 Å². The van der Waals surface area contributed by atoms with Crippen LogP contribution >= 0.6 is 7.75 Å². The Labute approximate surface area is 230 Å². The van der Waals surface area contributed by atoms with Gasteiger partial charge in [-0.1, -0.05) is 25.1 Å². The van der Waals surface area contributed by atoms with Gasteiger partial charge in [0.2, 0.25) is 5.82 Å². The first-order valence-electron chi connectivity index (χ1n) is 12.9. The number of ether oxygens (including phenoxy) is 4. The molecule has 0 spiro atoms. The third-order valence-corrected chi connectivity index (χ3v) is 7.46. The van der Waals surface area contributed by atoms with Gasteiger partial charge in [0.25, 0.3) is 5.56 Å². The van der Waals surface area contributed by atoms with Crippen LogP contribution < -0.4 is 20.9 Å². The number of nitrogens with one attached hydrogen (secondary N) is 2. The molecule has 13 nitrogen and oxygen atoms in total. The van der Waals surface area contributed by atoms with Gasteiger partial charge in [0, 0.05) is 26.1 Å². The van der Waals surface area contributed by atoms with E-state index < -0.39 is 68.2 Å². The van der Waals surface area contributed by atoms with Gasteiger partial charge in [-0.05, 0) is 32.9 Å². The molecule has 1 fully saturated rings. The molecule has 0 aliphatic carbocycles. The molecule has 1 aromatic carbocycles. The Hall–Kier alpha value is -2.87. The average molecular weight is 588 g/mol. The van der Waals surface area contributed by atoms with Crippen molar-refractivity contribution in [1.82, 2.24) is 14.6 Å². The second-order valence-electron chi connectivity index (χ2n) is 8.78. The molecule has 0 saturated carbocycles. The number of H-pyrrole nitrogens is 1. The van der Waals surface area contributed by atoms with E-state index in [0.717, 1.165) is 4.57 Å². The molecule has 3 rings (SSSR count). The first kappa shape index (κ1) is 31.7. The number of rotatable bonds is 15. The van der Waals surface area contributed by atoms with E-state index in [9.17, 15) is 23.3 Å². The van der Waals surface area contributed by atoms with E-state index in [1.807, 2.05) is 4.98 Å². The Bertz CT molecular complexity index is 1270. The van der Waals surface area contributed by atoms with Crippen molar-refractivity contribution in [3.8, 4) is 5.75 Å². The summed E-state index contributed by atoms with van der Waals surface area (Å²) < 4.78 is 62.8. The summed E-state index contributed by atoms with van der Waals surface area (Å²) in [4.78, 5) is 37.7. The summed E-state index contributed by atoms with van der Waals surface area (Å²) >= 11 is 0. The summed E-state index contributed by atoms with van der Waals surface area (Å²) in [7, 11) is -4.14. The zero-order valence-electron chi connectivity index (χ0n) is 22.7. The van der Waals surface area contributed by atoms with Crippen molar-refractivity contribution >= 4 is 13.7 Å². The summed E-state index contributed by atoms with van der Waals surface area (Å²) in [6, 6.07) is 7.68. The third kappa shape index (κ3) is 8.56. The predicted molar refractivity (Wildman–Crippen MR) is 140 cm³/mol. The number of nitrogens with zero attached hydrogens (tertiary/aromatic N) is 1. The molecule has 0 bridgehead atoms. The average Bonchev–Trinajstić information content (AvgIpc) is 3.32. The number of aromatic nitrogens is 2. The van der Waals surface area contributed by atoms with Crippen molar-refractivity contribution in [1.29, 1.82) is 0 Å². The lowest BCUT2D eigenvalue weighted by atomic mass is 10.2. The molecule has 2 N–H and O–H groups in total. The Morgan fingerprint density at radius 3 is 2.50 bits per heavy atom. The minimum Gasteiger partial charge on any atom is -0.459 e. The highest BCUT2D eigenvalue weighted by Gasteiger charge is 2.42. The van der Waals surface area contributed by atoms with E-state index in [0.29, 0.717) is 19.4 Å². The fourth-order valence-corrected chi connectivity index (χ4v) is 5.47. The zero-order chi connectivity index (χ0) is 29.3. The molecular formula is C25H35FN3O10P. The smallest absolute Gasteiger partial charge is 0.459 e. The van der Waals surface area contributed by atoms with Gasteiger partial charge in [-0.2, -0.15) is 4.39 Å².